The first-order valence-corrected chi connectivity index (χ1v) is 20.0. The van der Waals surface area contributed by atoms with Gasteiger partial charge in [0.05, 0.1) is 18.3 Å². The van der Waals surface area contributed by atoms with Gasteiger partial charge in [0.25, 0.3) is 0 Å². The molecule has 0 saturated carbocycles. The maximum Gasteiger partial charge on any atom is 0.338 e. The Morgan fingerprint density at radius 3 is 1.69 bits per heavy atom. The molecule has 0 spiro atoms. The average Bonchev–Trinajstić information content (AvgIpc) is 3.57. The fraction of sp³-hybridized carbons (Fsp3) is 0.390. The highest BCUT2D eigenvalue weighted by atomic mass is 28.4. The zero-order valence-corrected chi connectivity index (χ0v) is 30.5. The maximum atomic E-state index is 13.6. The monoisotopic (exact) mass is 680 g/mol. The molecule has 4 aromatic carbocycles. The van der Waals surface area contributed by atoms with E-state index in [0.717, 1.165) is 16.7 Å². The molecule has 258 valence electrons. The number of carbonyl (C=O) groups excluding carboxylic acids is 1. The van der Waals surface area contributed by atoms with Crippen LogP contribution in [0.3, 0.4) is 0 Å². The van der Waals surface area contributed by atoms with E-state index in [1.165, 1.54) is 0 Å². The van der Waals surface area contributed by atoms with Gasteiger partial charge in [0.2, 0.25) is 0 Å². The molecule has 2 fully saturated rings. The van der Waals surface area contributed by atoms with Gasteiger partial charge in [-0.15, -0.1) is 0 Å². The highest BCUT2D eigenvalue weighted by Crippen LogP contribution is 2.45. The van der Waals surface area contributed by atoms with E-state index in [2.05, 4.69) is 70.3 Å². The Balaban J connectivity index is 1.43. The number of fused-ring (bicyclic) bond motifs is 1. The van der Waals surface area contributed by atoms with Crippen LogP contribution in [0, 0.1) is 0 Å². The Morgan fingerprint density at radius 1 is 0.755 bits per heavy atom. The Hall–Kier alpha value is -3.63. The Morgan fingerprint density at radius 2 is 1.22 bits per heavy atom. The summed E-state index contributed by atoms with van der Waals surface area (Å²) in [6.07, 6.45) is -3.61. The molecule has 0 aliphatic carbocycles. The molecule has 0 N–H and O–H groups in total. The molecule has 4 aromatic rings. The van der Waals surface area contributed by atoms with Crippen molar-refractivity contribution >= 4 is 14.3 Å². The molecule has 0 radical (unpaired) electrons. The number of hydrogen-bond donors (Lipinski definition) is 0. The van der Waals surface area contributed by atoms with Crippen LogP contribution in [0.15, 0.2) is 121 Å². The first kappa shape index (κ1) is 35.2. The molecule has 0 bridgehead atoms. The lowest BCUT2D eigenvalue weighted by atomic mass is 9.80. The molecule has 8 heteroatoms. The van der Waals surface area contributed by atoms with Crippen LogP contribution in [0.5, 0.6) is 0 Å². The number of rotatable bonds is 11. The lowest BCUT2D eigenvalue weighted by molar-refractivity contribution is -0.228. The van der Waals surface area contributed by atoms with Gasteiger partial charge in [-0.3, -0.25) is 0 Å². The second-order valence-electron chi connectivity index (χ2n) is 14.8. The second kappa shape index (κ2) is 13.9. The fourth-order valence-corrected chi connectivity index (χ4v) is 7.74. The van der Waals surface area contributed by atoms with Crippen LogP contribution in [0.2, 0.25) is 18.1 Å². The van der Waals surface area contributed by atoms with E-state index >= 15 is 0 Å². The van der Waals surface area contributed by atoms with Crippen molar-refractivity contribution in [2.75, 3.05) is 6.61 Å². The molecule has 1 unspecified atom stereocenters. The Bertz CT molecular complexity index is 1580. The Kier molecular flexibility index (Phi) is 10.0. The molecule has 2 aliphatic rings. The van der Waals surface area contributed by atoms with Crippen LogP contribution in [-0.2, 0) is 33.7 Å². The van der Waals surface area contributed by atoms with E-state index in [0.29, 0.717) is 5.56 Å². The summed E-state index contributed by atoms with van der Waals surface area (Å²) < 4.78 is 40.0. The number of hydrogen-bond acceptors (Lipinski definition) is 7. The van der Waals surface area contributed by atoms with Crippen LogP contribution in [-0.4, -0.2) is 57.4 Å². The van der Waals surface area contributed by atoms with Crippen molar-refractivity contribution in [3.8, 4) is 0 Å². The predicted octanol–water partition coefficient (Wildman–Crippen LogP) is 8.49. The van der Waals surface area contributed by atoms with E-state index in [-0.39, 0.29) is 11.6 Å². The van der Waals surface area contributed by atoms with Crippen LogP contribution in [0.1, 0.15) is 61.7 Å². The zero-order valence-electron chi connectivity index (χ0n) is 29.5. The van der Waals surface area contributed by atoms with E-state index in [1.807, 2.05) is 86.6 Å². The Labute approximate surface area is 291 Å². The summed E-state index contributed by atoms with van der Waals surface area (Å²) in [7, 11) is -2.45. The first-order valence-electron chi connectivity index (χ1n) is 17.1. The third-order valence-corrected chi connectivity index (χ3v) is 14.4. The lowest BCUT2D eigenvalue weighted by Crippen LogP contribution is -2.53. The summed E-state index contributed by atoms with van der Waals surface area (Å²) in [5.74, 6) is -1.38. The minimum Gasteiger partial charge on any atom is -0.453 e. The van der Waals surface area contributed by atoms with Crippen LogP contribution in [0.25, 0.3) is 0 Å². The molecule has 7 nitrogen and oxygen atoms in total. The molecule has 6 rings (SSSR count). The standard InChI is InChI=1S/C41H48O7Si/c1-39(2,3)49(6,7)48-33(34-35(36-38(45-34)47-40(4,5)46-36)44-37(42)29-20-12-8-13-21-29)28-43-41(30-22-14-9-15-23-30,31-24-16-10-17-25-31)32-26-18-11-19-27-32/h8-27,33-36,38H,28H2,1-7H3/t33?,34-,35+,36-,38-/m1/s1. The van der Waals surface area contributed by atoms with Gasteiger partial charge in [-0.2, -0.15) is 0 Å². The molecule has 5 atom stereocenters. The smallest absolute Gasteiger partial charge is 0.338 e. The topological polar surface area (TPSA) is 72.5 Å². The number of ether oxygens (including phenoxy) is 5. The zero-order chi connectivity index (χ0) is 34.9. The molecule has 49 heavy (non-hydrogen) atoms. The van der Waals surface area contributed by atoms with Crippen molar-refractivity contribution in [2.45, 2.75) is 94.8 Å². The van der Waals surface area contributed by atoms with Crippen molar-refractivity contribution in [3.63, 3.8) is 0 Å². The number of esters is 1. The van der Waals surface area contributed by atoms with Crippen molar-refractivity contribution in [1.29, 1.82) is 0 Å². The van der Waals surface area contributed by atoms with Crippen LogP contribution >= 0.6 is 0 Å². The molecule has 2 heterocycles. The largest absolute Gasteiger partial charge is 0.453 e. The third kappa shape index (κ3) is 7.31. The summed E-state index contributed by atoms with van der Waals surface area (Å²) in [5.41, 5.74) is 2.38. The molecule has 2 aliphatic heterocycles. The van der Waals surface area contributed by atoms with Gasteiger partial charge in [-0.25, -0.2) is 4.79 Å². The van der Waals surface area contributed by atoms with Gasteiger partial charge in [0, 0.05) is 0 Å². The first-order chi connectivity index (χ1) is 23.3. The van der Waals surface area contributed by atoms with Crippen LogP contribution < -0.4 is 0 Å². The van der Waals surface area contributed by atoms with Gasteiger partial charge in [0.1, 0.15) is 11.7 Å². The minimum absolute atomic E-state index is 0.123. The predicted molar refractivity (Wildman–Crippen MR) is 192 cm³/mol. The lowest BCUT2D eigenvalue weighted by Gasteiger charge is -2.43. The summed E-state index contributed by atoms with van der Waals surface area (Å²) in [4.78, 5) is 13.6. The van der Waals surface area contributed by atoms with Crippen LogP contribution in [0.4, 0.5) is 0 Å². The highest BCUT2D eigenvalue weighted by Gasteiger charge is 2.60. The molecule has 2 saturated heterocycles. The van der Waals surface area contributed by atoms with Crippen molar-refractivity contribution in [2.24, 2.45) is 0 Å². The van der Waals surface area contributed by atoms with E-state index in [9.17, 15) is 4.79 Å². The molecular formula is C41H48O7Si. The second-order valence-corrected chi connectivity index (χ2v) is 19.6. The molecule has 0 amide bonds. The quantitative estimate of drug-likeness (QED) is 0.0894. The number of carbonyl (C=O) groups is 1. The van der Waals surface area contributed by atoms with Gasteiger partial charge in [-0.05, 0) is 60.8 Å². The summed E-state index contributed by atoms with van der Waals surface area (Å²) >= 11 is 0. The molecule has 0 aromatic heterocycles. The van der Waals surface area contributed by atoms with Gasteiger partial charge >= 0.3 is 5.97 Å². The SMILES string of the molecule is CC1(C)O[C@H]2O[C@H](C(COC(c3ccccc3)(c3ccccc3)c3ccccc3)O[Si](C)(C)C(C)(C)C)[C@H](OC(=O)c3ccccc3)[C@H]2O1. The minimum atomic E-state index is -2.45. The fourth-order valence-electron chi connectivity index (χ4n) is 6.43. The average molecular weight is 681 g/mol. The normalized spacial score (nSPS) is 22.8. The summed E-state index contributed by atoms with van der Waals surface area (Å²) in [6, 6.07) is 39.7. The summed E-state index contributed by atoms with van der Waals surface area (Å²) in [5, 5.41) is -0.125. The van der Waals surface area contributed by atoms with E-state index < -0.39 is 56.4 Å². The highest BCUT2D eigenvalue weighted by molar-refractivity contribution is 6.74. The van der Waals surface area contributed by atoms with E-state index in [1.54, 1.807) is 12.1 Å². The van der Waals surface area contributed by atoms with Gasteiger partial charge < -0.3 is 28.1 Å². The van der Waals surface area contributed by atoms with Crippen molar-refractivity contribution in [3.05, 3.63) is 144 Å². The molecular weight excluding hydrogens is 633 g/mol. The maximum absolute atomic E-state index is 13.6. The third-order valence-electron chi connectivity index (χ3n) is 9.90. The van der Waals surface area contributed by atoms with Gasteiger partial charge in [0.15, 0.2) is 32.6 Å². The summed E-state index contributed by atoms with van der Waals surface area (Å²) in [6.45, 7) is 14.8. The van der Waals surface area contributed by atoms with Crippen molar-refractivity contribution < 1.29 is 32.9 Å². The van der Waals surface area contributed by atoms with Crippen molar-refractivity contribution in [1.82, 2.24) is 0 Å². The van der Waals surface area contributed by atoms with Gasteiger partial charge in [-0.1, -0.05) is 130 Å². The van der Waals surface area contributed by atoms with E-state index in [4.69, 9.17) is 28.1 Å². The number of benzene rings is 4.